The first kappa shape index (κ1) is 16.5. The van der Waals surface area contributed by atoms with Gasteiger partial charge in [-0.05, 0) is 24.6 Å². The van der Waals surface area contributed by atoms with Gasteiger partial charge in [-0.25, -0.2) is 4.98 Å². The molecule has 120 valence electrons. The van der Waals surface area contributed by atoms with E-state index in [9.17, 15) is 9.90 Å². The number of nitrogens with one attached hydrogen (secondary N) is 1. The Labute approximate surface area is 129 Å². The lowest BCUT2D eigenvalue weighted by molar-refractivity contribution is 0.0610. The number of hydrogen-bond donors (Lipinski definition) is 2. The summed E-state index contributed by atoms with van der Waals surface area (Å²) < 4.78 is 10.4. The fraction of sp³-hybridized carbons (Fsp3) is 0.500. The van der Waals surface area contributed by atoms with E-state index in [1.165, 1.54) is 7.11 Å². The summed E-state index contributed by atoms with van der Waals surface area (Å²) in [5.41, 5.74) is 1.85. The van der Waals surface area contributed by atoms with Crippen LogP contribution in [0.15, 0.2) is 22.6 Å². The van der Waals surface area contributed by atoms with Crippen molar-refractivity contribution in [3.63, 3.8) is 0 Å². The largest absolute Gasteiger partial charge is 0.441 e. The number of oxazole rings is 1. The third-order valence-electron chi connectivity index (χ3n) is 3.30. The molecular weight excluding hydrogens is 284 g/mol. The van der Waals surface area contributed by atoms with E-state index in [0.717, 1.165) is 19.3 Å². The molecule has 1 atom stereocenters. The molecule has 1 aromatic heterocycles. The lowest BCUT2D eigenvalue weighted by Crippen LogP contribution is -2.34. The number of unbranched alkanes of at least 4 members (excludes halogenated alkanes) is 1. The fourth-order valence-electron chi connectivity index (χ4n) is 2.12. The number of aliphatic hydroxyl groups is 1. The van der Waals surface area contributed by atoms with Crippen molar-refractivity contribution < 1.29 is 19.1 Å². The van der Waals surface area contributed by atoms with Gasteiger partial charge in [0.25, 0.3) is 5.91 Å². The molecule has 0 unspecified atom stereocenters. The number of benzene rings is 1. The molecule has 0 fully saturated rings. The molecule has 0 spiro atoms. The zero-order valence-electron chi connectivity index (χ0n) is 13.0. The highest BCUT2D eigenvalue weighted by atomic mass is 16.5. The van der Waals surface area contributed by atoms with Gasteiger partial charge in [-0.3, -0.25) is 4.79 Å². The van der Waals surface area contributed by atoms with Crippen molar-refractivity contribution in [2.75, 3.05) is 20.3 Å². The number of nitrogens with zero attached hydrogens (tertiary/aromatic N) is 1. The minimum Gasteiger partial charge on any atom is -0.441 e. The standard InChI is InChI=1S/C16H22N2O4/c1-3-4-5-15-18-13-8-11(6-7-14(13)22-15)16(20)17-9-12(19)10-21-2/h6-8,12,19H,3-5,9-10H2,1-2H3,(H,17,20)/t12-/m1/s1. The van der Waals surface area contributed by atoms with E-state index < -0.39 is 6.10 Å². The van der Waals surface area contributed by atoms with Crippen molar-refractivity contribution in [1.29, 1.82) is 0 Å². The Balaban J connectivity index is 2.03. The zero-order valence-corrected chi connectivity index (χ0v) is 13.0. The van der Waals surface area contributed by atoms with Gasteiger partial charge in [-0.1, -0.05) is 13.3 Å². The SMILES string of the molecule is CCCCc1nc2cc(C(=O)NC[C@@H](O)COC)ccc2o1. The molecule has 2 aromatic rings. The third kappa shape index (κ3) is 4.29. The third-order valence-corrected chi connectivity index (χ3v) is 3.30. The maximum absolute atomic E-state index is 12.1. The van der Waals surface area contributed by atoms with Crippen LogP contribution in [0, 0.1) is 0 Å². The molecule has 2 N–H and O–H groups in total. The Morgan fingerprint density at radius 2 is 2.32 bits per heavy atom. The van der Waals surface area contributed by atoms with Gasteiger partial charge in [-0.2, -0.15) is 0 Å². The molecule has 6 heteroatoms. The van der Waals surface area contributed by atoms with Crippen LogP contribution in [0.5, 0.6) is 0 Å². The molecule has 6 nitrogen and oxygen atoms in total. The minimum atomic E-state index is -0.717. The number of aryl methyl sites for hydroxylation is 1. The summed E-state index contributed by atoms with van der Waals surface area (Å²) in [6, 6.07) is 5.14. The van der Waals surface area contributed by atoms with Crippen LogP contribution in [0.1, 0.15) is 36.0 Å². The number of methoxy groups -OCH3 is 1. The van der Waals surface area contributed by atoms with Crippen molar-refractivity contribution in [3.05, 3.63) is 29.7 Å². The van der Waals surface area contributed by atoms with E-state index >= 15 is 0 Å². The molecule has 1 heterocycles. The van der Waals surface area contributed by atoms with Crippen LogP contribution in [0.25, 0.3) is 11.1 Å². The molecule has 0 bridgehead atoms. The molecule has 0 saturated carbocycles. The predicted octanol–water partition coefficient (Wildman–Crippen LogP) is 1.91. The van der Waals surface area contributed by atoms with Gasteiger partial charge in [0, 0.05) is 25.6 Å². The molecule has 1 amide bonds. The Kier molecular flexibility index (Phi) is 5.91. The summed E-state index contributed by atoms with van der Waals surface area (Å²) in [5, 5.41) is 12.2. The summed E-state index contributed by atoms with van der Waals surface area (Å²) in [6.07, 6.45) is 2.19. The van der Waals surface area contributed by atoms with E-state index in [1.54, 1.807) is 18.2 Å². The first-order valence-corrected chi connectivity index (χ1v) is 7.48. The second kappa shape index (κ2) is 7.91. The summed E-state index contributed by atoms with van der Waals surface area (Å²) in [4.78, 5) is 16.5. The number of carbonyl (C=O) groups is 1. The van der Waals surface area contributed by atoms with E-state index in [1.807, 2.05) is 0 Å². The number of amides is 1. The average molecular weight is 306 g/mol. The highest BCUT2D eigenvalue weighted by Crippen LogP contribution is 2.18. The van der Waals surface area contributed by atoms with E-state index in [2.05, 4.69) is 17.2 Å². The molecule has 1 aromatic carbocycles. The topological polar surface area (TPSA) is 84.6 Å². The molecule has 2 rings (SSSR count). The average Bonchev–Trinajstić information content (AvgIpc) is 2.92. The predicted molar refractivity (Wildman–Crippen MR) is 82.8 cm³/mol. The molecule has 0 aliphatic carbocycles. The number of ether oxygens (including phenoxy) is 1. The molecular formula is C16H22N2O4. The Morgan fingerprint density at radius 1 is 1.50 bits per heavy atom. The van der Waals surface area contributed by atoms with Gasteiger partial charge >= 0.3 is 0 Å². The Hall–Kier alpha value is -1.92. The van der Waals surface area contributed by atoms with Crippen LogP contribution in [0.4, 0.5) is 0 Å². The summed E-state index contributed by atoms with van der Waals surface area (Å²) in [6.45, 7) is 2.44. The Morgan fingerprint density at radius 3 is 3.05 bits per heavy atom. The lowest BCUT2D eigenvalue weighted by Gasteiger charge is -2.10. The molecule has 0 aliphatic rings. The summed E-state index contributed by atoms with van der Waals surface area (Å²) >= 11 is 0. The van der Waals surface area contributed by atoms with Crippen LogP contribution in [0.3, 0.4) is 0 Å². The molecule has 0 aliphatic heterocycles. The molecule has 0 saturated heterocycles. The van der Waals surface area contributed by atoms with Crippen LogP contribution in [0.2, 0.25) is 0 Å². The second-order valence-corrected chi connectivity index (χ2v) is 5.21. The molecule has 22 heavy (non-hydrogen) atoms. The number of aromatic nitrogens is 1. The maximum Gasteiger partial charge on any atom is 0.251 e. The number of carbonyl (C=O) groups excluding carboxylic acids is 1. The van der Waals surface area contributed by atoms with Gasteiger partial charge in [0.05, 0.1) is 12.7 Å². The maximum atomic E-state index is 12.1. The Bertz CT molecular complexity index is 624. The van der Waals surface area contributed by atoms with Crippen LogP contribution in [-0.2, 0) is 11.2 Å². The van der Waals surface area contributed by atoms with Crippen LogP contribution >= 0.6 is 0 Å². The first-order valence-electron chi connectivity index (χ1n) is 7.48. The van der Waals surface area contributed by atoms with Gasteiger partial charge < -0.3 is 19.6 Å². The van der Waals surface area contributed by atoms with Crippen molar-refractivity contribution in [1.82, 2.24) is 10.3 Å². The van der Waals surface area contributed by atoms with Crippen molar-refractivity contribution in [2.45, 2.75) is 32.3 Å². The monoisotopic (exact) mass is 306 g/mol. The highest BCUT2D eigenvalue weighted by Gasteiger charge is 2.12. The fourth-order valence-corrected chi connectivity index (χ4v) is 2.12. The van der Waals surface area contributed by atoms with E-state index in [4.69, 9.17) is 9.15 Å². The minimum absolute atomic E-state index is 0.144. The van der Waals surface area contributed by atoms with Crippen molar-refractivity contribution >= 4 is 17.0 Å². The lowest BCUT2D eigenvalue weighted by atomic mass is 10.2. The van der Waals surface area contributed by atoms with Gasteiger partial charge in [0.1, 0.15) is 5.52 Å². The number of fused-ring (bicyclic) bond motifs is 1. The first-order chi connectivity index (χ1) is 10.6. The van der Waals surface area contributed by atoms with Crippen molar-refractivity contribution in [2.24, 2.45) is 0 Å². The van der Waals surface area contributed by atoms with E-state index in [0.29, 0.717) is 22.6 Å². The highest BCUT2D eigenvalue weighted by molar-refractivity contribution is 5.97. The van der Waals surface area contributed by atoms with Crippen LogP contribution < -0.4 is 5.32 Å². The zero-order chi connectivity index (χ0) is 15.9. The normalized spacial score (nSPS) is 12.5. The smallest absolute Gasteiger partial charge is 0.251 e. The number of aliphatic hydroxyl groups excluding tert-OH is 1. The van der Waals surface area contributed by atoms with Crippen molar-refractivity contribution in [3.8, 4) is 0 Å². The summed E-state index contributed by atoms with van der Waals surface area (Å²) in [5.74, 6) is 0.445. The number of hydrogen-bond acceptors (Lipinski definition) is 5. The van der Waals surface area contributed by atoms with Gasteiger partial charge in [0.15, 0.2) is 11.5 Å². The quantitative estimate of drug-likeness (QED) is 0.778. The van der Waals surface area contributed by atoms with Crippen LogP contribution in [-0.4, -0.2) is 42.4 Å². The van der Waals surface area contributed by atoms with Gasteiger partial charge in [0.2, 0.25) is 0 Å². The van der Waals surface area contributed by atoms with E-state index in [-0.39, 0.29) is 19.1 Å². The second-order valence-electron chi connectivity index (χ2n) is 5.21. The number of rotatable bonds is 8. The molecule has 0 radical (unpaired) electrons. The van der Waals surface area contributed by atoms with Gasteiger partial charge in [-0.15, -0.1) is 0 Å². The summed E-state index contributed by atoms with van der Waals surface area (Å²) in [7, 11) is 1.50.